The standard InChI is InChI=1S/C14H21NO4S/c1-14(6-3-8-19-9-7-14)11-4-5-13(18-2)12(10-11)15-20(16)17/h4-5,10,15H,3,6-9H2,1-2H3,(H,16,17). The van der Waals surface area contributed by atoms with Gasteiger partial charge in [0.05, 0.1) is 12.8 Å². The molecule has 0 aromatic heterocycles. The molecule has 2 N–H and O–H groups in total. The maximum atomic E-state index is 11.0. The molecule has 0 spiro atoms. The number of methoxy groups -OCH3 is 1. The largest absolute Gasteiger partial charge is 0.495 e. The second kappa shape index (κ2) is 6.56. The normalized spacial score (nSPS) is 24.8. The highest BCUT2D eigenvalue weighted by Crippen LogP contribution is 2.38. The van der Waals surface area contributed by atoms with Crippen molar-refractivity contribution in [1.82, 2.24) is 0 Å². The average Bonchev–Trinajstić information content (AvgIpc) is 2.64. The Labute approximate surface area is 122 Å². The minimum Gasteiger partial charge on any atom is -0.495 e. The molecule has 0 bridgehead atoms. The molecule has 0 saturated carbocycles. The lowest BCUT2D eigenvalue weighted by atomic mass is 9.76. The maximum absolute atomic E-state index is 11.0. The summed E-state index contributed by atoms with van der Waals surface area (Å²) >= 11 is -2.11. The zero-order valence-corrected chi connectivity index (χ0v) is 12.7. The van der Waals surface area contributed by atoms with Crippen molar-refractivity contribution in [3.05, 3.63) is 23.8 Å². The first-order valence-electron chi connectivity index (χ1n) is 6.69. The second-order valence-corrected chi connectivity index (χ2v) is 6.00. The quantitative estimate of drug-likeness (QED) is 0.839. The van der Waals surface area contributed by atoms with Crippen molar-refractivity contribution in [3.8, 4) is 5.75 Å². The first-order valence-corrected chi connectivity index (χ1v) is 7.79. The van der Waals surface area contributed by atoms with Crippen molar-refractivity contribution in [2.24, 2.45) is 0 Å². The van der Waals surface area contributed by atoms with Gasteiger partial charge in [0, 0.05) is 13.2 Å². The molecule has 0 amide bonds. The van der Waals surface area contributed by atoms with E-state index in [0.29, 0.717) is 11.4 Å². The van der Waals surface area contributed by atoms with E-state index >= 15 is 0 Å². The first kappa shape index (κ1) is 15.3. The summed E-state index contributed by atoms with van der Waals surface area (Å²) < 4.78 is 33.2. The Bertz CT molecular complexity index is 484. The molecule has 1 fully saturated rings. The zero-order chi connectivity index (χ0) is 14.6. The predicted octanol–water partition coefficient (Wildman–Crippen LogP) is 2.70. The van der Waals surface area contributed by atoms with E-state index < -0.39 is 11.3 Å². The minimum atomic E-state index is -2.11. The molecule has 112 valence electrons. The minimum absolute atomic E-state index is 0.0240. The van der Waals surface area contributed by atoms with Crippen molar-refractivity contribution >= 4 is 17.0 Å². The van der Waals surface area contributed by atoms with E-state index in [9.17, 15) is 4.21 Å². The molecule has 2 unspecified atom stereocenters. The third kappa shape index (κ3) is 3.50. The van der Waals surface area contributed by atoms with Crippen LogP contribution in [0.5, 0.6) is 5.75 Å². The van der Waals surface area contributed by atoms with Crippen molar-refractivity contribution in [3.63, 3.8) is 0 Å². The Kier molecular flexibility index (Phi) is 5.01. The third-order valence-corrected chi connectivity index (χ3v) is 4.30. The van der Waals surface area contributed by atoms with E-state index in [1.807, 2.05) is 18.2 Å². The summed E-state index contributed by atoms with van der Waals surface area (Å²) in [6.45, 7) is 3.76. The predicted molar refractivity (Wildman–Crippen MR) is 79.4 cm³/mol. The summed E-state index contributed by atoms with van der Waals surface area (Å²) in [4.78, 5) is 0. The van der Waals surface area contributed by atoms with E-state index in [2.05, 4.69) is 11.6 Å². The Balaban J connectivity index is 2.33. The lowest BCUT2D eigenvalue weighted by Crippen LogP contribution is -2.22. The molecule has 6 heteroatoms. The zero-order valence-electron chi connectivity index (χ0n) is 11.8. The van der Waals surface area contributed by atoms with Crippen LogP contribution in [-0.2, 0) is 21.4 Å². The number of ether oxygens (including phenoxy) is 2. The van der Waals surface area contributed by atoms with Crippen molar-refractivity contribution < 1.29 is 18.2 Å². The lowest BCUT2D eigenvalue weighted by Gasteiger charge is -2.29. The molecule has 2 atom stereocenters. The van der Waals surface area contributed by atoms with Crippen LogP contribution < -0.4 is 9.46 Å². The number of hydrogen-bond donors (Lipinski definition) is 2. The maximum Gasteiger partial charge on any atom is 0.259 e. The number of anilines is 1. The van der Waals surface area contributed by atoms with Crippen LogP contribution in [0.1, 0.15) is 31.7 Å². The molecule has 5 nitrogen and oxygen atoms in total. The molecule has 1 saturated heterocycles. The van der Waals surface area contributed by atoms with Crippen LogP contribution in [0, 0.1) is 0 Å². The van der Waals surface area contributed by atoms with Gasteiger partial charge < -0.3 is 9.47 Å². The topological polar surface area (TPSA) is 67.8 Å². The first-order chi connectivity index (χ1) is 9.55. The van der Waals surface area contributed by atoms with Crippen molar-refractivity contribution in [2.45, 2.75) is 31.6 Å². The molecule has 1 aromatic rings. The monoisotopic (exact) mass is 299 g/mol. The summed E-state index contributed by atoms with van der Waals surface area (Å²) in [7, 11) is 1.54. The van der Waals surface area contributed by atoms with Gasteiger partial charge in [0.2, 0.25) is 0 Å². The van der Waals surface area contributed by atoms with E-state index in [0.717, 1.165) is 38.0 Å². The molecule has 1 aliphatic heterocycles. The number of benzene rings is 1. The highest BCUT2D eigenvalue weighted by atomic mass is 32.2. The number of nitrogens with one attached hydrogen (secondary N) is 1. The Morgan fingerprint density at radius 2 is 2.20 bits per heavy atom. The molecule has 2 rings (SSSR count). The van der Waals surface area contributed by atoms with Crippen LogP contribution >= 0.6 is 0 Å². The summed E-state index contributed by atoms with van der Waals surface area (Å²) in [5, 5.41) is 0. The van der Waals surface area contributed by atoms with Gasteiger partial charge in [-0.2, -0.15) is 0 Å². The van der Waals surface area contributed by atoms with Gasteiger partial charge in [-0.15, -0.1) is 0 Å². The molecule has 0 aliphatic carbocycles. The Morgan fingerprint density at radius 1 is 1.40 bits per heavy atom. The van der Waals surface area contributed by atoms with Crippen LogP contribution in [0.4, 0.5) is 5.69 Å². The van der Waals surface area contributed by atoms with E-state index in [1.54, 1.807) is 7.11 Å². The summed E-state index contributed by atoms with van der Waals surface area (Å²) in [5.74, 6) is 0.560. The van der Waals surface area contributed by atoms with Crippen LogP contribution in [-0.4, -0.2) is 29.1 Å². The van der Waals surface area contributed by atoms with Crippen LogP contribution in [0.2, 0.25) is 0 Å². The fourth-order valence-electron chi connectivity index (χ4n) is 2.63. The summed E-state index contributed by atoms with van der Waals surface area (Å²) in [5.41, 5.74) is 1.70. The Hall–Kier alpha value is -1.11. The van der Waals surface area contributed by atoms with Crippen molar-refractivity contribution in [2.75, 3.05) is 25.0 Å². The van der Waals surface area contributed by atoms with Crippen molar-refractivity contribution in [1.29, 1.82) is 0 Å². The SMILES string of the molecule is COc1ccc(C2(C)CCCOCC2)cc1NS(=O)O. The lowest BCUT2D eigenvalue weighted by molar-refractivity contribution is 0.140. The van der Waals surface area contributed by atoms with Gasteiger partial charge in [-0.25, -0.2) is 4.21 Å². The third-order valence-electron chi connectivity index (χ3n) is 3.91. The van der Waals surface area contributed by atoms with Gasteiger partial charge in [-0.3, -0.25) is 9.27 Å². The van der Waals surface area contributed by atoms with Crippen LogP contribution in [0.3, 0.4) is 0 Å². The molecule has 20 heavy (non-hydrogen) atoms. The Morgan fingerprint density at radius 3 is 2.90 bits per heavy atom. The molecule has 1 aliphatic rings. The van der Waals surface area contributed by atoms with Crippen LogP contribution in [0.15, 0.2) is 18.2 Å². The van der Waals surface area contributed by atoms with Gasteiger partial charge in [0.1, 0.15) is 5.75 Å². The fourth-order valence-corrected chi connectivity index (χ4v) is 2.98. The molecular formula is C14H21NO4S. The number of rotatable bonds is 4. The summed E-state index contributed by atoms with van der Waals surface area (Å²) in [6, 6.07) is 5.76. The van der Waals surface area contributed by atoms with Crippen LogP contribution in [0.25, 0.3) is 0 Å². The molecule has 1 heterocycles. The van der Waals surface area contributed by atoms with E-state index in [4.69, 9.17) is 14.0 Å². The summed E-state index contributed by atoms with van der Waals surface area (Å²) in [6.07, 6.45) is 3.01. The van der Waals surface area contributed by atoms with Gasteiger partial charge >= 0.3 is 0 Å². The van der Waals surface area contributed by atoms with E-state index in [-0.39, 0.29) is 5.41 Å². The second-order valence-electron chi connectivity index (χ2n) is 5.29. The van der Waals surface area contributed by atoms with Gasteiger partial charge in [-0.05, 0) is 42.4 Å². The van der Waals surface area contributed by atoms with E-state index in [1.165, 1.54) is 0 Å². The molecule has 0 radical (unpaired) electrons. The van der Waals surface area contributed by atoms with Gasteiger partial charge in [0.25, 0.3) is 11.3 Å². The van der Waals surface area contributed by atoms with Gasteiger partial charge in [-0.1, -0.05) is 13.0 Å². The highest BCUT2D eigenvalue weighted by Gasteiger charge is 2.28. The smallest absolute Gasteiger partial charge is 0.259 e. The average molecular weight is 299 g/mol. The fraction of sp³-hybridized carbons (Fsp3) is 0.571. The molecular weight excluding hydrogens is 278 g/mol. The highest BCUT2D eigenvalue weighted by molar-refractivity contribution is 7.80. The molecule has 1 aromatic carbocycles. The van der Waals surface area contributed by atoms with Gasteiger partial charge in [0.15, 0.2) is 0 Å². The number of hydrogen-bond acceptors (Lipinski definition) is 3.